The Hall–Kier alpha value is 0. The van der Waals surface area contributed by atoms with E-state index < -0.39 is 0 Å². The Kier molecular flexibility index (Phi) is 0.697. The maximum Gasteiger partial charge on any atom is -0.0168 e. The van der Waals surface area contributed by atoms with Crippen LogP contribution in [0, 0.1) is 24.7 Å². The molecule has 7 heavy (non-hydrogen) atoms. The van der Waals surface area contributed by atoms with Crippen molar-refractivity contribution in [1.29, 1.82) is 0 Å². The summed E-state index contributed by atoms with van der Waals surface area (Å²) in [6, 6.07) is 0. The summed E-state index contributed by atoms with van der Waals surface area (Å²) in [5.74, 6) is 1.89. The van der Waals surface area contributed by atoms with Crippen molar-refractivity contribution in [3.05, 3.63) is 12.8 Å². The summed E-state index contributed by atoms with van der Waals surface area (Å²) in [7, 11) is 0. The molecule has 3 rings (SSSR count). The average molecular weight is 93.1 g/mol. The zero-order valence-corrected chi connectivity index (χ0v) is 4.35. The highest BCUT2D eigenvalue weighted by molar-refractivity contribution is 5.04. The summed E-state index contributed by atoms with van der Waals surface area (Å²) < 4.78 is 0. The number of hydrogen-bond acceptors (Lipinski definition) is 0. The quantitative estimate of drug-likeness (QED) is 0.427. The molecule has 2 unspecified atom stereocenters. The van der Waals surface area contributed by atoms with Crippen molar-refractivity contribution in [3.8, 4) is 0 Å². The third-order valence-corrected chi connectivity index (χ3v) is 1.96. The molecule has 3 saturated carbocycles. The van der Waals surface area contributed by atoms with Crippen molar-refractivity contribution in [2.45, 2.75) is 19.3 Å². The lowest BCUT2D eigenvalue weighted by Crippen LogP contribution is -2.29. The first-order chi connectivity index (χ1) is 3.45. The molecule has 0 amide bonds. The predicted octanol–water partition coefficient (Wildman–Crippen LogP) is 1.70. The Morgan fingerprint density at radius 2 is 1.86 bits per heavy atom. The Labute approximate surface area is 44.9 Å². The van der Waals surface area contributed by atoms with Crippen LogP contribution in [-0.2, 0) is 0 Å². The van der Waals surface area contributed by atoms with Crippen LogP contribution in [0.3, 0.4) is 0 Å². The zero-order chi connectivity index (χ0) is 4.69. The first kappa shape index (κ1) is 3.94. The van der Waals surface area contributed by atoms with E-state index in [0.717, 1.165) is 11.8 Å². The van der Waals surface area contributed by atoms with Crippen LogP contribution in [0.2, 0.25) is 0 Å². The lowest BCUT2D eigenvalue weighted by molar-refractivity contribution is 0.249. The maximum absolute atomic E-state index is 3.35. The van der Waals surface area contributed by atoms with Gasteiger partial charge in [0.15, 0.2) is 0 Å². The third-order valence-electron chi connectivity index (χ3n) is 1.96. The average Bonchev–Trinajstić information content (AvgIpc) is 1.67. The molecule has 0 nitrogen and oxygen atoms in total. The molecule has 0 aromatic heterocycles. The SMILES string of the molecule is [C]1CC2[CH]C(C1)C2. The Morgan fingerprint density at radius 1 is 1.29 bits per heavy atom. The standard InChI is InChI=1S/C7H9/c1-2-6-4-7(3-1)5-6/h4,6-7H,2-3,5H2. The molecule has 0 aromatic carbocycles. The maximum atomic E-state index is 3.35. The van der Waals surface area contributed by atoms with Crippen LogP contribution in [0.15, 0.2) is 0 Å². The van der Waals surface area contributed by atoms with Gasteiger partial charge in [0.25, 0.3) is 0 Å². The summed E-state index contributed by atoms with van der Waals surface area (Å²) in [5.41, 5.74) is 0. The van der Waals surface area contributed by atoms with Crippen LogP contribution in [-0.4, -0.2) is 0 Å². The van der Waals surface area contributed by atoms with Crippen LogP contribution in [0.5, 0.6) is 0 Å². The summed E-state index contributed by atoms with van der Waals surface area (Å²) in [5, 5.41) is 0. The van der Waals surface area contributed by atoms with Gasteiger partial charge < -0.3 is 0 Å². The first-order valence-electron chi connectivity index (χ1n) is 3.01. The minimum absolute atomic E-state index is 0.943. The fraction of sp³-hybridized carbons (Fsp3) is 0.714. The van der Waals surface area contributed by atoms with Gasteiger partial charge in [0.05, 0.1) is 0 Å². The second-order valence-corrected chi connectivity index (χ2v) is 2.61. The predicted molar refractivity (Wildman–Crippen MR) is 28.4 cm³/mol. The fourth-order valence-corrected chi connectivity index (χ4v) is 1.49. The highest BCUT2D eigenvalue weighted by atomic mass is 14.4. The van der Waals surface area contributed by atoms with Crippen LogP contribution in [0.4, 0.5) is 0 Å². The van der Waals surface area contributed by atoms with Gasteiger partial charge in [-0.3, -0.25) is 0 Å². The van der Waals surface area contributed by atoms with E-state index in [1.54, 1.807) is 0 Å². The van der Waals surface area contributed by atoms with Gasteiger partial charge in [-0.15, -0.1) is 0 Å². The van der Waals surface area contributed by atoms with Gasteiger partial charge in [0.2, 0.25) is 0 Å². The lowest BCUT2D eigenvalue weighted by Gasteiger charge is -2.39. The Balaban J connectivity index is 1.99. The molecule has 2 bridgehead atoms. The molecule has 0 spiro atoms. The molecule has 3 aliphatic rings. The van der Waals surface area contributed by atoms with Crippen LogP contribution < -0.4 is 0 Å². The number of rotatable bonds is 0. The summed E-state index contributed by atoms with van der Waals surface area (Å²) >= 11 is 0. The van der Waals surface area contributed by atoms with Crippen molar-refractivity contribution in [2.75, 3.05) is 0 Å². The molecule has 3 radical (unpaired) electrons. The zero-order valence-electron chi connectivity index (χ0n) is 4.35. The molecule has 2 atom stereocenters. The highest BCUT2D eigenvalue weighted by Crippen LogP contribution is 2.43. The van der Waals surface area contributed by atoms with E-state index >= 15 is 0 Å². The topological polar surface area (TPSA) is 0 Å². The normalized spacial score (nSPS) is 48.0. The second kappa shape index (κ2) is 1.24. The van der Waals surface area contributed by atoms with Crippen LogP contribution >= 0.6 is 0 Å². The van der Waals surface area contributed by atoms with Crippen molar-refractivity contribution >= 4 is 0 Å². The molecule has 37 valence electrons. The lowest BCUT2D eigenvalue weighted by atomic mass is 9.65. The Bertz CT molecular complexity index is 56.6. The summed E-state index contributed by atoms with van der Waals surface area (Å²) in [6.07, 6.45) is 9.78. The monoisotopic (exact) mass is 93.1 g/mol. The van der Waals surface area contributed by atoms with E-state index in [1.165, 1.54) is 19.3 Å². The van der Waals surface area contributed by atoms with Gasteiger partial charge in [0, 0.05) is 0 Å². The van der Waals surface area contributed by atoms with Crippen molar-refractivity contribution in [3.63, 3.8) is 0 Å². The molecule has 0 heteroatoms. The van der Waals surface area contributed by atoms with E-state index in [9.17, 15) is 0 Å². The van der Waals surface area contributed by atoms with E-state index in [4.69, 9.17) is 0 Å². The van der Waals surface area contributed by atoms with E-state index in [1.807, 2.05) is 0 Å². The van der Waals surface area contributed by atoms with Gasteiger partial charge in [-0.25, -0.2) is 0 Å². The van der Waals surface area contributed by atoms with Gasteiger partial charge >= 0.3 is 0 Å². The molecule has 0 aromatic rings. The first-order valence-corrected chi connectivity index (χ1v) is 3.01. The molecular formula is C7H9. The number of fused-ring (bicyclic) bond motifs is 2. The molecule has 0 aliphatic heterocycles. The highest BCUT2D eigenvalue weighted by Gasteiger charge is 2.32. The number of hydrogen-bond donors (Lipinski definition) is 0. The minimum atomic E-state index is 0.943. The molecule has 0 N–H and O–H groups in total. The summed E-state index contributed by atoms with van der Waals surface area (Å²) in [4.78, 5) is 0. The van der Waals surface area contributed by atoms with E-state index in [0.29, 0.717) is 0 Å². The largest absolute Gasteiger partial charge is 0.0470 e. The third kappa shape index (κ3) is 0.490. The van der Waals surface area contributed by atoms with Gasteiger partial charge in [0.1, 0.15) is 0 Å². The molecule has 0 heterocycles. The van der Waals surface area contributed by atoms with Crippen molar-refractivity contribution in [1.82, 2.24) is 0 Å². The van der Waals surface area contributed by atoms with Crippen molar-refractivity contribution < 1.29 is 0 Å². The second-order valence-electron chi connectivity index (χ2n) is 2.61. The van der Waals surface area contributed by atoms with Crippen LogP contribution in [0.1, 0.15) is 19.3 Å². The molecule has 3 fully saturated rings. The van der Waals surface area contributed by atoms with Crippen LogP contribution in [0.25, 0.3) is 0 Å². The van der Waals surface area contributed by atoms with E-state index in [-0.39, 0.29) is 0 Å². The van der Waals surface area contributed by atoms with E-state index in [2.05, 4.69) is 12.8 Å². The smallest absolute Gasteiger partial charge is 0.0168 e. The van der Waals surface area contributed by atoms with Gasteiger partial charge in [-0.1, -0.05) is 0 Å². The molecular weight excluding hydrogens is 84.1 g/mol. The minimum Gasteiger partial charge on any atom is -0.0470 e. The Morgan fingerprint density at radius 3 is 2.00 bits per heavy atom. The molecule has 3 aliphatic carbocycles. The van der Waals surface area contributed by atoms with Gasteiger partial charge in [-0.05, 0) is 43.9 Å². The summed E-state index contributed by atoms with van der Waals surface area (Å²) in [6.45, 7) is 0. The van der Waals surface area contributed by atoms with Gasteiger partial charge in [-0.2, -0.15) is 0 Å². The van der Waals surface area contributed by atoms with Crippen molar-refractivity contribution in [2.24, 2.45) is 11.8 Å². The molecule has 0 saturated heterocycles. The fourth-order valence-electron chi connectivity index (χ4n) is 1.49.